The minimum atomic E-state index is -1.12. The molecule has 0 amide bonds. The Hall–Kier alpha value is -1.20. The predicted octanol–water partition coefficient (Wildman–Crippen LogP) is 2.81. The van der Waals surface area contributed by atoms with Gasteiger partial charge in [0.25, 0.3) is 0 Å². The van der Waals surface area contributed by atoms with Crippen LogP contribution >= 0.6 is 0 Å². The van der Waals surface area contributed by atoms with Crippen molar-refractivity contribution in [3.63, 3.8) is 0 Å². The fourth-order valence-corrected chi connectivity index (χ4v) is 7.48. The van der Waals surface area contributed by atoms with E-state index in [-0.39, 0.29) is 0 Å². The van der Waals surface area contributed by atoms with Gasteiger partial charge in [-0.15, -0.1) is 0 Å². The van der Waals surface area contributed by atoms with E-state index in [2.05, 4.69) is 55.5 Å². The number of hydrogen-bond donors (Lipinski definition) is 0. The number of fused-ring (bicyclic) bond motifs is 2. The second-order valence-corrected chi connectivity index (χ2v) is 8.95. The standard InChI is InChI=1S/C15H15AsO/c1-2-11-16-12-7-3-5-9-14(12)17-15-10-6-4-8-13(15)16/h3-10H,2,11H2,1H3. The third-order valence-corrected chi connectivity index (χ3v) is 8.85. The minimum absolute atomic E-state index is 1.08. The molecule has 0 radical (unpaired) electrons. The van der Waals surface area contributed by atoms with Gasteiger partial charge < -0.3 is 0 Å². The molecule has 0 bridgehead atoms. The number of ether oxygens (including phenoxy) is 1. The maximum atomic E-state index is 5.99. The molecule has 17 heavy (non-hydrogen) atoms. The van der Waals surface area contributed by atoms with Crippen LogP contribution in [-0.4, -0.2) is 14.7 Å². The van der Waals surface area contributed by atoms with Gasteiger partial charge in [0.05, 0.1) is 0 Å². The number of benzene rings is 2. The van der Waals surface area contributed by atoms with Crippen LogP contribution in [0.25, 0.3) is 0 Å². The molecule has 2 heteroatoms. The molecule has 0 aliphatic carbocycles. The molecule has 3 rings (SSSR count). The van der Waals surface area contributed by atoms with E-state index in [1.54, 1.807) is 0 Å². The Balaban J connectivity index is 2.13. The zero-order valence-electron chi connectivity index (χ0n) is 9.89. The van der Waals surface area contributed by atoms with Gasteiger partial charge in [0.15, 0.2) is 0 Å². The van der Waals surface area contributed by atoms with E-state index in [4.69, 9.17) is 4.74 Å². The SMILES string of the molecule is CCC[As]1c2ccccc2Oc2ccccc21. The van der Waals surface area contributed by atoms with Crippen LogP contribution in [0.2, 0.25) is 5.21 Å². The van der Waals surface area contributed by atoms with E-state index in [0.29, 0.717) is 0 Å². The van der Waals surface area contributed by atoms with Crippen LogP contribution in [0.1, 0.15) is 13.3 Å². The van der Waals surface area contributed by atoms with Crippen LogP contribution in [0.15, 0.2) is 48.5 Å². The molecule has 86 valence electrons. The van der Waals surface area contributed by atoms with Gasteiger partial charge in [-0.25, -0.2) is 0 Å². The van der Waals surface area contributed by atoms with Crippen LogP contribution in [0.4, 0.5) is 0 Å². The van der Waals surface area contributed by atoms with Gasteiger partial charge in [0.1, 0.15) is 0 Å². The van der Waals surface area contributed by atoms with Crippen molar-refractivity contribution in [2.45, 2.75) is 18.6 Å². The summed E-state index contributed by atoms with van der Waals surface area (Å²) in [5, 5.41) is 1.32. The normalized spacial score (nSPS) is 13.7. The van der Waals surface area contributed by atoms with Crippen LogP contribution in [0.5, 0.6) is 11.5 Å². The molecule has 1 aliphatic heterocycles. The molecule has 2 aromatic rings. The van der Waals surface area contributed by atoms with E-state index in [0.717, 1.165) is 11.5 Å². The first kappa shape index (κ1) is 10.9. The van der Waals surface area contributed by atoms with Crippen molar-refractivity contribution in [3.8, 4) is 11.5 Å². The number of hydrogen-bond acceptors (Lipinski definition) is 1. The molecule has 1 nitrogen and oxygen atoms in total. The summed E-state index contributed by atoms with van der Waals surface area (Å²) < 4.78 is 8.94. The summed E-state index contributed by atoms with van der Waals surface area (Å²) in [5.41, 5.74) is 0. The zero-order chi connectivity index (χ0) is 11.7. The molecular formula is C15H15AsO. The van der Waals surface area contributed by atoms with Crippen molar-refractivity contribution in [3.05, 3.63) is 48.5 Å². The monoisotopic (exact) mass is 286 g/mol. The summed E-state index contributed by atoms with van der Waals surface area (Å²) in [5.74, 6) is 2.17. The van der Waals surface area contributed by atoms with Crippen LogP contribution in [-0.2, 0) is 0 Å². The summed E-state index contributed by atoms with van der Waals surface area (Å²) in [7, 11) is 0. The van der Waals surface area contributed by atoms with Crippen molar-refractivity contribution in [1.29, 1.82) is 0 Å². The molecular weight excluding hydrogens is 271 g/mol. The summed E-state index contributed by atoms with van der Waals surface area (Å²) in [6.07, 6.45) is 1.25. The Labute approximate surface area is 107 Å². The van der Waals surface area contributed by atoms with E-state index >= 15 is 0 Å². The summed E-state index contributed by atoms with van der Waals surface area (Å²) in [4.78, 5) is 0. The van der Waals surface area contributed by atoms with E-state index in [9.17, 15) is 0 Å². The van der Waals surface area contributed by atoms with Gasteiger partial charge in [-0.2, -0.15) is 0 Å². The Kier molecular flexibility index (Phi) is 2.94. The van der Waals surface area contributed by atoms with Crippen molar-refractivity contribution in [2.24, 2.45) is 0 Å². The summed E-state index contributed by atoms with van der Waals surface area (Å²) in [6.45, 7) is 2.27. The molecule has 1 aliphatic rings. The van der Waals surface area contributed by atoms with E-state index in [1.165, 1.54) is 20.3 Å². The second kappa shape index (κ2) is 4.58. The van der Waals surface area contributed by atoms with Gasteiger partial charge in [0.2, 0.25) is 0 Å². The Morgan fingerprint density at radius 2 is 1.41 bits per heavy atom. The van der Waals surface area contributed by atoms with Gasteiger partial charge >= 0.3 is 107 Å². The molecule has 0 spiro atoms. The first-order valence-electron chi connectivity index (χ1n) is 6.03. The average molecular weight is 286 g/mol. The third-order valence-electron chi connectivity index (χ3n) is 2.98. The summed E-state index contributed by atoms with van der Waals surface area (Å²) in [6, 6.07) is 17.1. The van der Waals surface area contributed by atoms with Crippen LogP contribution in [0.3, 0.4) is 0 Å². The Morgan fingerprint density at radius 3 is 1.94 bits per heavy atom. The molecule has 0 unspecified atom stereocenters. The van der Waals surface area contributed by atoms with Crippen LogP contribution < -0.4 is 13.4 Å². The quantitative estimate of drug-likeness (QED) is 0.771. The first-order chi connectivity index (χ1) is 8.40. The van der Waals surface area contributed by atoms with Crippen molar-refractivity contribution in [1.82, 2.24) is 0 Å². The molecule has 0 aromatic heterocycles. The Bertz CT molecular complexity index is 490. The van der Waals surface area contributed by atoms with Crippen molar-refractivity contribution >= 4 is 23.4 Å². The topological polar surface area (TPSA) is 9.23 Å². The van der Waals surface area contributed by atoms with Crippen molar-refractivity contribution in [2.75, 3.05) is 0 Å². The maximum absolute atomic E-state index is 5.99. The van der Waals surface area contributed by atoms with Gasteiger partial charge in [-0.1, -0.05) is 0 Å². The van der Waals surface area contributed by atoms with Gasteiger partial charge in [-0.3, -0.25) is 0 Å². The molecule has 0 saturated heterocycles. The van der Waals surface area contributed by atoms with Crippen molar-refractivity contribution < 1.29 is 4.74 Å². The number of rotatable bonds is 2. The average Bonchev–Trinajstić information content (AvgIpc) is 2.39. The summed E-state index contributed by atoms with van der Waals surface area (Å²) >= 11 is -1.12. The molecule has 0 atom stereocenters. The number of para-hydroxylation sites is 2. The third kappa shape index (κ3) is 1.89. The van der Waals surface area contributed by atoms with Crippen LogP contribution in [0, 0.1) is 0 Å². The zero-order valence-corrected chi connectivity index (χ0v) is 11.8. The molecule has 0 fully saturated rings. The molecule has 2 aromatic carbocycles. The van der Waals surface area contributed by atoms with E-state index < -0.39 is 14.7 Å². The fourth-order valence-electron chi connectivity index (χ4n) is 2.25. The fraction of sp³-hybridized carbons (Fsp3) is 0.200. The Morgan fingerprint density at radius 1 is 0.882 bits per heavy atom. The predicted molar refractivity (Wildman–Crippen MR) is 73.1 cm³/mol. The van der Waals surface area contributed by atoms with Gasteiger partial charge in [-0.05, 0) is 0 Å². The molecule has 0 saturated carbocycles. The first-order valence-corrected chi connectivity index (χ1v) is 9.24. The molecule has 0 N–H and O–H groups in total. The second-order valence-electron chi connectivity index (χ2n) is 4.19. The van der Waals surface area contributed by atoms with Gasteiger partial charge in [0, 0.05) is 0 Å². The molecule has 1 heterocycles. The van der Waals surface area contributed by atoms with E-state index in [1.807, 2.05) is 0 Å².